The first-order valence-electron chi connectivity index (χ1n) is 6.08. The molecule has 0 fully saturated rings. The molecule has 3 N–H and O–H groups in total. The van der Waals surface area contributed by atoms with E-state index in [1.807, 2.05) is 31.2 Å². The highest BCUT2D eigenvalue weighted by atomic mass is 79.9. The SMILES string of the molecule is CC(NC(=O)c1ccc(Br)c(N)c1)c1ccc(Br)cc1. The molecule has 0 heterocycles. The number of amides is 1. The van der Waals surface area contributed by atoms with Gasteiger partial charge in [-0.1, -0.05) is 28.1 Å². The predicted octanol–water partition coefficient (Wildman–Crippen LogP) is 4.28. The average Bonchev–Trinajstić information content (AvgIpc) is 2.42. The molecular formula is C15H14Br2N2O. The van der Waals surface area contributed by atoms with Crippen molar-refractivity contribution in [1.29, 1.82) is 0 Å². The molecule has 0 spiro atoms. The third-order valence-corrected chi connectivity index (χ3v) is 4.23. The number of hydrogen-bond acceptors (Lipinski definition) is 2. The Morgan fingerprint density at radius 2 is 1.80 bits per heavy atom. The lowest BCUT2D eigenvalue weighted by Crippen LogP contribution is -2.26. The zero-order valence-electron chi connectivity index (χ0n) is 10.9. The summed E-state index contributed by atoms with van der Waals surface area (Å²) in [6.45, 7) is 1.95. The van der Waals surface area contributed by atoms with Crippen LogP contribution >= 0.6 is 31.9 Å². The molecule has 0 aliphatic rings. The van der Waals surface area contributed by atoms with Crippen LogP contribution in [0.15, 0.2) is 51.4 Å². The van der Waals surface area contributed by atoms with Crippen molar-refractivity contribution < 1.29 is 4.79 Å². The number of carbonyl (C=O) groups excluding carboxylic acids is 1. The second-order valence-corrected chi connectivity index (χ2v) is 6.25. The summed E-state index contributed by atoms with van der Waals surface area (Å²) in [5.74, 6) is -0.139. The Hall–Kier alpha value is -1.33. The van der Waals surface area contributed by atoms with Gasteiger partial charge in [-0.05, 0) is 58.7 Å². The second-order valence-electron chi connectivity index (χ2n) is 4.48. The minimum atomic E-state index is -0.139. The molecule has 0 bridgehead atoms. The molecule has 104 valence electrons. The van der Waals surface area contributed by atoms with E-state index in [4.69, 9.17) is 5.73 Å². The van der Waals surface area contributed by atoms with E-state index in [-0.39, 0.29) is 11.9 Å². The molecule has 5 heteroatoms. The van der Waals surface area contributed by atoms with Gasteiger partial charge in [0.25, 0.3) is 5.91 Å². The van der Waals surface area contributed by atoms with E-state index in [2.05, 4.69) is 37.2 Å². The number of nitrogen functional groups attached to an aromatic ring is 1. The monoisotopic (exact) mass is 396 g/mol. The number of halogens is 2. The summed E-state index contributed by atoms with van der Waals surface area (Å²) in [5, 5.41) is 2.95. The van der Waals surface area contributed by atoms with E-state index in [1.54, 1.807) is 18.2 Å². The Bertz CT molecular complexity index is 626. The number of rotatable bonds is 3. The number of hydrogen-bond donors (Lipinski definition) is 2. The van der Waals surface area contributed by atoms with Gasteiger partial charge in [0.15, 0.2) is 0 Å². The van der Waals surface area contributed by atoms with Crippen LogP contribution in [-0.4, -0.2) is 5.91 Å². The van der Waals surface area contributed by atoms with Crippen molar-refractivity contribution in [2.45, 2.75) is 13.0 Å². The maximum absolute atomic E-state index is 12.2. The van der Waals surface area contributed by atoms with Gasteiger partial charge in [0.1, 0.15) is 0 Å². The van der Waals surface area contributed by atoms with Crippen molar-refractivity contribution >= 4 is 43.5 Å². The molecular weight excluding hydrogens is 384 g/mol. The van der Waals surface area contributed by atoms with Gasteiger partial charge in [0.05, 0.1) is 6.04 Å². The van der Waals surface area contributed by atoms with Crippen LogP contribution in [0, 0.1) is 0 Å². The van der Waals surface area contributed by atoms with Crippen LogP contribution in [0.1, 0.15) is 28.9 Å². The van der Waals surface area contributed by atoms with Crippen molar-refractivity contribution in [1.82, 2.24) is 5.32 Å². The van der Waals surface area contributed by atoms with Crippen LogP contribution < -0.4 is 11.1 Å². The van der Waals surface area contributed by atoms with Gasteiger partial charge in [0.2, 0.25) is 0 Å². The Kier molecular flexibility index (Phi) is 4.83. The molecule has 0 aromatic heterocycles. The standard InChI is InChI=1S/C15H14Br2N2O/c1-9(10-2-5-12(16)6-3-10)19-15(20)11-4-7-13(17)14(18)8-11/h2-9H,18H2,1H3,(H,19,20). The summed E-state index contributed by atoms with van der Waals surface area (Å²) in [7, 11) is 0. The van der Waals surface area contributed by atoms with Crippen molar-refractivity contribution in [2.24, 2.45) is 0 Å². The van der Waals surface area contributed by atoms with Crippen LogP contribution in [-0.2, 0) is 0 Å². The maximum atomic E-state index is 12.2. The lowest BCUT2D eigenvalue weighted by atomic mass is 10.1. The van der Waals surface area contributed by atoms with E-state index < -0.39 is 0 Å². The van der Waals surface area contributed by atoms with Gasteiger partial charge in [-0.3, -0.25) is 4.79 Å². The average molecular weight is 398 g/mol. The topological polar surface area (TPSA) is 55.1 Å². The van der Waals surface area contributed by atoms with E-state index >= 15 is 0 Å². The van der Waals surface area contributed by atoms with Crippen molar-refractivity contribution in [2.75, 3.05) is 5.73 Å². The lowest BCUT2D eigenvalue weighted by molar-refractivity contribution is 0.0940. The second kappa shape index (κ2) is 6.41. The predicted molar refractivity (Wildman–Crippen MR) is 88.6 cm³/mol. The fourth-order valence-corrected chi connectivity index (χ4v) is 2.31. The van der Waals surface area contributed by atoms with Crippen LogP contribution in [0.4, 0.5) is 5.69 Å². The molecule has 1 amide bonds. The Morgan fingerprint density at radius 3 is 2.40 bits per heavy atom. The number of nitrogens with one attached hydrogen (secondary N) is 1. The highest BCUT2D eigenvalue weighted by molar-refractivity contribution is 9.10. The summed E-state index contributed by atoms with van der Waals surface area (Å²) < 4.78 is 1.80. The molecule has 3 nitrogen and oxygen atoms in total. The normalized spacial score (nSPS) is 11.9. The fraction of sp³-hybridized carbons (Fsp3) is 0.133. The van der Waals surface area contributed by atoms with Gasteiger partial charge in [-0.2, -0.15) is 0 Å². The Labute approximate surface area is 134 Å². The van der Waals surface area contributed by atoms with Crippen molar-refractivity contribution in [3.8, 4) is 0 Å². The van der Waals surface area contributed by atoms with Gasteiger partial charge in [-0.15, -0.1) is 0 Å². The van der Waals surface area contributed by atoms with Crippen LogP contribution in [0.5, 0.6) is 0 Å². The molecule has 2 aromatic carbocycles. The largest absolute Gasteiger partial charge is 0.398 e. The minimum absolute atomic E-state index is 0.0690. The van der Waals surface area contributed by atoms with E-state index in [1.165, 1.54) is 0 Å². The third-order valence-electron chi connectivity index (χ3n) is 2.98. The highest BCUT2D eigenvalue weighted by Crippen LogP contribution is 2.21. The van der Waals surface area contributed by atoms with Crippen LogP contribution in [0.25, 0.3) is 0 Å². The molecule has 0 saturated carbocycles. The van der Waals surface area contributed by atoms with Crippen molar-refractivity contribution in [3.05, 3.63) is 62.5 Å². The van der Waals surface area contributed by atoms with Crippen LogP contribution in [0.2, 0.25) is 0 Å². The number of nitrogens with two attached hydrogens (primary N) is 1. The highest BCUT2D eigenvalue weighted by Gasteiger charge is 2.12. The lowest BCUT2D eigenvalue weighted by Gasteiger charge is -2.15. The molecule has 2 rings (SSSR count). The zero-order valence-corrected chi connectivity index (χ0v) is 14.0. The smallest absolute Gasteiger partial charge is 0.251 e. The third kappa shape index (κ3) is 3.61. The summed E-state index contributed by atoms with van der Waals surface area (Å²) in [5.41, 5.74) is 7.93. The summed E-state index contributed by atoms with van der Waals surface area (Å²) in [6, 6.07) is 13.0. The maximum Gasteiger partial charge on any atom is 0.251 e. The first-order chi connectivity index (χ1) is 9.47. The van der Waals surface area contributed by atoms with E-state index in [0.717, 1.165) is 14.5 Å². The molecule has 0 radical (unpaired) electrons. The fourth-order valence-electron chi connectivity index (χ4n) is 1.80. The Balaban J connectivity index is 2.10. The summed E-state index contributed by atoms with van der Waals surface area (Å²) in [4.78, 5) is 12.2. The first kappa shape index (κ1) is 15.1. The molecule has 2 aromatic rings. The number of carbonyl (C=O) groups is 1. The van der Waals surface area contributed by atoms with E-state index in [0.29, 0.717) is 11.3 Å². The summed E-state index contributed by atoms with van der Waals surface area (Å²) in [6.07, 6.45) is 0. The summed E-state index contributed by atoms with van der Waals surface area (Å²) >= 11 is 6.70. The minimum Gasteiger partial charge on any atom is -0.398 e. The van der Waals surface area contributed by atoms with Gasteiger partial charge in [-0.25, -0.2) is 0 Å². The van der Waals surface area contributed by atoms with Crippen LogP contribution in [0.3, 0.4) is 0 Å². The van der Waals surface area contributed by atoms with Gasteiger partial charge >= 0.3 is 0 Å². The quantitative estimate of drug-likeness (QED) is 0.759. The first-order valence-corrected chi connectivity index (χ1v) is 7.67. The number of benzene rings is 2. The van der Waals surface area contributed by atoms with Gasteiger partial charge < -0.3 is 11.1 Å². The molecule has 20 heavy (non-hydrogen) atoms. The molecule has 0 saturated heterocycles. The van der Waals surface area contributed by atoms with Crippen molar-refractivity contribution in [3.63, 3.8) is 0 Å². The van der Waals surface area contributed by atoms with Gasteiger partial charge in [0, 0.05) is 20.2 Å². The number of anilines is 1. The molecule has 0 aliphatic heterocycles. The zero-order chi connectivity index (χ0) is 14.7. The molecule has 1 unspecified atom stereocenters. The molecule has 1 atom stereocenters. The molecule has 0 aliphatic carbocycles. The van der Waals surface area contributed by atoms with E-state index in [9.17, 15) is 4.79 Å². The Morgan fingerprint density at radius 1 is 1.15 bits per heavy atom.